The van der Waals surface area contributed by atoms with Crippen LogP contribution in [0, 0.1) is 0 Å². The van der Waals surface area contributed by atoms with Gasteiger partial charge in [-0.3, -0.25) is 4.99 Å². The van der Waals surface area contributed by atoms with E-state index in [1.807, 2.05) is 45.0 Å². The van der Waals surface area contributed by atoms with Gasteiger partial charge in [0.1, 0.15) is 0 Å². The summed E-state index contributed by atoms with van der Waals surface area (Å²) in [4.78, 5) is 3.78. The Morgan fingerprint density at radius 2 is 2.00 bits per heavy atom. The van der Waals surface area contributed by atoms with Crippen molar-refractivity contribution in [3.05, 3.63) is 59.6 Å². The second-order valence-electron chi connectivity index (χ2n) is 4.01. The first-order valence-corrected chi connectivity index (χ1v) is 7.89. The molecule has 0 aliphatic heterocycles. The van der Waals surface area contributed by atoms with Gasteiger partial charge in [-0.2, -0.15) is 0 Å². The lowest BCUT2D eigenvalue weighted by Crippen LogP contribution is -2.48. The minimum Gasteiger partial charge on any atom is -0.370 e. The Labute approximate surface area is 143 Å². The van der Waals surface area contributed by atoms with Crippen LogP contribution >= 0.6 is 15.9 Å². The smallest absolute Gasteiger partial charge is 0.190 e. The highest BCUT2D eigenvalue weighted by molar-refractivity contribution is 9.10. The van der Waals surface area contributed by atoms with Gasteiger partial charge in [0.2, 0.25) is 0 Å². The Morgan fingerprint density at radius 3 is 2.41 bits per heavy atom. The fourth-order valence-corrected chi connectivity index (χ4v) is 1.86. The number of nitrogens with zero attached hydrogens (tertiary/aromatic N) is 1. The van der Waals surface area contributed by atoms with Crippen molar-refractivity contribution < 1.29 is 5.11 Å². The van der Waals surface area contributed by atoms with Crippen molar-refractivity contribution in [2.75, 3.05) is 7.05 Å². The number of nitrogens with two attached hydrogens (primary N) is 1. The van der Waals surface area contributed by atoms with E-state index in [9.17, 15) is 5.11 Å². The Kier molecular flexibility index (Phi) is 13.5. The molecule has 0 amide bonds. The molecule has 22 heavy (non-hydrogen) atoms. The Bertz CT molecular complexity index is 475. The van der Waals surface area contributed by atoms with Crippen LogP contribution in [-0.2, 0) is 5.72 Å². The van der Waals surface area contributed by atoms with Gasteiger partial charge in [0.25, 0.3) is 0 Å². The number of nitrogens with one attached hydrogen (secondary N) is 1. The maximum atomic E-state index is 10.5. The van der Waals surface area contributed by atoms with Crippen molar-refractivity contribution >= 4 is 21.9 Å². The highest BCUT2D eigenvalue weighted by atomic mass is 79.9. The van der Waals surface area contributed by atoms with Crippen LogP contribution in [0.25, 0.3) is 0 Å². The SMILES string of the molecule is C=CC.C=CCC(O)(NC(N)=NC)c1cccc(Br)c1.CC. The molecule has 1 aromatic carbocycles. The molecule has 1 rings (SSSR count). The zero-order chi connectivity index (χ0) is 17.6. The lowest BCUT2D eigenvalue weighted by atomic mass is 9.99. The van der Waals surface area contributed by atoms with Gasteiger partial charge in [-0.25, -0.2) is 0 Å². The molecule has 4 nitrogen and oxygen atoms in total. The second kappa shape index (κ2) is 13.1. The van der Waals surface area contributed by atoms with Crippen LogP contribution in [0.5, 0.6) is 0 Å². The molecule has 0 heterocycles. The van der Waals surface area contributed by atoms with E-state index in [1.165, 1.54) is 0 Å². The van der Waals surface area contributed by atoms with Crippen molar-refractivity contribution in [2.45, 2.75) is 32.9 Å². The summed E-state index contributed by atoms with van der Waals surface area (Å²) in [6, 6.07) is 7.35. The van der Waals surface area contributed by atoms with Crippen LogP contribution in [-0.4, -0.2) is 18.1 Å². The molecule has 0 fully saturated rings. The maximum absolute atomic E-state index is 10.5. The zero-order valence-electron chi connectivity index (χ0n) is 13.9. The largest absolute Gasteiger partial charge is 0.370 e. The predicted octanol–water partition coefficient (Wildman–Crippen LogP) is 3.92. The van der Waals surface area contributed by atoms with Gasteiger partial charge in [-0.05, 0) is 19.1 Å². The number of benzene rings is 1. The van der Waals surface area contributed by atoms with Crippen molar-refractivity contribution in [3.63, 3.8) is 0 Å². The van der Waals surface area contributed by atoms with Gasteiger partial charge in [0.15, 0.2) is 11.7 Å². The molecule has 0 aliphatic rings. The molecule has 1 unspecified atom stereocenters. The maximum Gasteiger partial charge on any atom is 0.190 e. The number of guanidine groups is 1. The van der Waals surface area contributed by atoms with Gasteiger partial charge in [0.05, 0.1) is 0 Å². The molecule has 0 spiro atoms. The number of hydrogen-bond acceptors (Lipinski definition) is 2. The van der Waals surface area contributed by atoms with Gasteiger partial charge in [0, 0.05) is 23.5 Å². The first kappa shape index (κ1) is 22.7. The van der Waals surface area contributed by atoms with E-state index < -0.39 is 5.72 Å². The van der Waals surface area contributed by atoms with Crippen molar-refractivity contribution in [3.8, 4) is 0 Å². The molecule has 4 N–H and O–H groups in total. The van der Waals surface area contributed by atoms with Crippen LogP contribution in [0.15, 0.2) is 59.0 Å². The van der Waals surface area contributed by atoms with E-state index in [2.05, 4.69) is 39.4 Å². The van der Waals surface area contributed by atoms with E-state index in [1.54, 1.807) is 19.2 Å². The molecule has 5 heteroatoms. The Hall–Kier alpha value is -1.59. The van der Waals surface area contributed by atoms with Crippen LogP contribution < -0.4 is 11.1 Å². The van der Waals surface area contributed by atoms with E-state index in [-0.39, 0.29) is 5.96 Å². The van der Waals surface area contributed by atoms with Crippen molar-refractivity contribution in [1.82, 2.24) is 5.32 Å². The molecule has 0 radical (unpaired) electrons. The second-order valence-corrected chi connectivity index (χ2v) is 4.92. The predicted molar refractivity (Wildman–Crippen MR) is 101 cm³/mol. The molecule has 0 saturated heterocycles. The number of aliphatic hydroxyl groups is 1. The standard InChI is InChI=1S/C12H16BrN3O.C3H6.C2H6/c1-3-7-12(17,16-11(14)15-2)9-5-4-6-10(13)8-9;1-3-2;1-2/h3-6,8,17H,1,7H2,2H3,(H3,14,15,16);3H,1H2,2H3;1-2H3. The quantitative estimate of drug-likeness (QED) is 0.326. The molecule has 0 bridgehead atoms. The van der Waals surface area contributed by atoms with Crippen molar-refractivity contribution in [2.24, 2.45) is 10.7 Å². The summed E-state index contributed by atoms with van der Waals surface area (Å²) in [6.07, 6.45) is 3.69. The average molecular weight is 370 g/mol. The summed E-state index contributed by atoms with van der Waals surface area (Å²) in [5.74, 6) is 0.175. The minimum atomic E-state index is -1.30. The summed E-state index contributed by atoms with van der Waals surface area (Å²) in [5.41, 5.74) is 4.99. The Balaban J connectivity index is 0. The fourth-order valence-electron chi connectivity index (χ4n) is 1.46. The van der Waals surface area contributed by atoms with Crippen LogP contribution in [0.2, 0.25) is 0 Å². The molecule has 1 atom stereocenters. The highest BCUT2D eigenvalue weighted by Gasteiger charge is 2.28. The van der Waals surface area contributed by atoms with Gasteiger partial charge >= 0.3 is 0 Å². The van der Waals surface area contributed by atoms with E-state index in [0.717, 1.165) is 4.47 Å². The fraction of sp³-hybridized carbons (Fsp3) is 0.353. The first-order valence-electron chi connectivity index (χ1n) is 7.10. The average Bonchev–Trinajstić information content (AvgIpc) is 2.50. The molecular weight excluding hydrogens is 342 g/mol. The van der Waals surface area contributed by atoms with E-state index >= 15 is 0 Å². The molecule has 0 aliphatic carbocycles. The van der Waals surface area contributed by atoms with Crippen molar-refractivity contribution in [1.29, 1.82) is 0 Å². The number of hydrogen-bond donors (Lipinski definition) is 3. The lowest BCUT2D eigenvalue weighted by Gasteiger charge is -2.29. The topological polar surface area (TPSA) is 70.6 Å². The first-order chi connectivity index (χ1) is 10.4. The van der Waals surface area contributed by atoms with Crippen LogP contribution in [0.4, 0.5) is 0 Å². The summed E-state index contributed by atoms with van der Waals surface area (Å²) in [7, 11) is 1.55. The summed E-state index contributed by atoms with van der Waals surface area (Å²) < 4.78 is 0.881. The normalized spacial score (nSPS) is 12.5. The van der Waals surface area contributed by atoms with Gasteiger partial charge in [-0.15, -0.1) is 13.2 Å². The number of halogens is 1. The third-order valence-electron chi connectivity index (χ3n) is 2.32. The van der Waals surface area contributed by atoms with Crippen LogP contribution in [0.3, 0.4) is 0 Å². The number of rotatable bonds is 4. The van der Waals surface area contributed by atoms with Crippen LogP contribution in [0.1, 0.15) is 32.8 Å². The Morgan fingerprint density at radius 1 is 1.45 bits per heavy atom. The minimum absolute atomic E-state index is 0.175. The van der Waals surface area contributed by atoms with Gasteiger partial charge in [-0.1, -0.05) is 54.1 Å². The van der Waals surface area contributed by atoms with E-state index in [4.69, 9.17) is 5.73 Å². The van der Waals surface area contributed by atoms with Gasteiger partial charge < -0.3 is 16.2 Å². The summed E-state index contributed by atoms with van der Waals surface area (Å²) in [6.45, 7) is 12.9. The third-order valence-corrected chi connectivity index (χ3v) is 2.81. The molecule has 0 aromatic heterocycles. The lowest BCUT2D eigenvalue weighted by molar-refractivity contribution is 0.0232. The number of aliphatic imine (C=N–C) groups is 1. The molecule has 0 saturated carbocycles. The third kappa shape index (κ3) is 8.64. The monoisotopic (exact) mass is 369 g/mol. The van der Waals surface area contributed by atoms with E-state index in [0.29, 0.717) is 12.0 Å². The molecule has 1 aromatic rings. The molecule has 124 valence electrons. The zero-order valence-corrected chi connectivity index (χ0v) is 15.5. The summed E-state index contributed by atoms with van der Waals surface area (Å²) in [5, 5.41) is 13.3. The summed E-state index contributed by atoms with van der Waals surface area (Å²) >= 11 is 3.36. The molecular formula is C17H28BrN3O. The highest BCUT2D eigenvalue weighted by Crippen LogP contribution is 2.25. The number of allylic oxidation sites excluding steroid dienone is 1.